The minimum atomic E-state index is -0.546. The lowest BCUT2D eigenvalue weighted by molar-refractivity contribution is 0.0623. The maximum absolute atomic E-state index is 10.1. The molecule has 4 nitrogen and oxygen atoms in total. The Morgan fingerprint density at radius 1 is 1.33 bits per heavy atom. The molecule has 0 heterocycles. The average molecular weight is 290 g/mol. The lowest BCUT2D eigenvalue weighted by Crippen LogP contribution is -2.38. The van der Waals surface area contributed by atoms with E-state index in [1.54, 1.807) is 24.3 Å². The summed E-state index contributed by atoms with van der Waals surface area (Å²) in [5.74, 6) is 1.26. The molecule has 0 fully saturated rings. The van der Waals surface area contributed by atoms with Crippen LogP contribution in [-0.4, -0.2) is 42.4 Å². The molecule has 2 atom stereocenters. The minimum absolute atomic E-state index is 0.230. The summed E-state index contributed by atoms with van der Waals surface area (Å²) in [6.07, 6.45) is 0.559. The van der Waals surface area contributed by atoms with E-state index in [-0.39, 0.29) is 6.61 Å². The van der Waals surface area contributed by atoms with Gasteiger partial charge in [-0.3, -0.25) is 0 Å². The van der Waals surface area contributed by atoms with Crippen LogP contribution in [0.5, 0.6) is 5.75 Å². The van der Waals surface area contributed by atoms with Crippen LogP contribution < -0.4 is 4.74 Å². The Kier molecular flexibility index (Phi) is 7.21. The molecular formula is C17H26N2O2. The molecule has 21 heavy (non-hydrogen) atoms. The molecular weight excluding hydrogens is 264 g/mol. The van der Waals surface area contributed by atoms with Crippen LogP contribution in [0.15, 0.2) is 24.3 Å². The molecule has 0 amide bonds. The number of rotatable bonds is 8. The zero-order valence-electron chi connectivity index (χ0n) is 13.4. The Morgan fingerprint density at radius 2 is 2.05 bits per heavy atom. The van der Waals surface area contributed by atoms with Crippen molar-refractivity contribution in [1.82, 2.24) is 4.90 Å². The molecule has 0 saturated heterocycles. The van der Waals surface area contributed by atoms with Crippen LogP contribution in [0.1, 0.15) is 32.8 Å². The standard InChI is InChI=1S/C17H26N2O2/c1-13(2)8-14(3)19(4)11-16(20)12-21-17-7-5-6-15(9-17)10-18/h5-7,9,13-14,16,20H,8,11-12H2,1-4H3. The second-order valence-electron chi connectivity index (χ2n) is 6.02. The molecule has 1 aromatic carbocycles. The molecule has 0 spiro atoms. The van der Waals surface area contributed by atoms with E-state index >= 15 is 0 Å². The summed E-state index contributed by atoms with van der Waals surface area (Å²) in [5, 5.41) is 18.9. The molecule has 0 aromatic heterocycles. The lowest BCUT2D eigenvalue weighted by atomic mass is 10.0. The summed E-state index contributed by atoms with van der Waals surface area (Å²) in [6, 6.07) is 9.47. The van der Waals surface area contributed by atoms with Crippen LogP contribution in [0.25, 0.3) is 0 Å². The second kappa shape index (κ2) is 8.66. The van der Waals surface area contributed by atoms with Crippen molar-refractivity contribution in [3.05, 3.63) is 29.8 Å². The van der Waals surface area contributed by atoms with Crippen LogP contribution in [-0.2, 0) is 0 Å². The zero-order valence-corrected chi connectivity index (χ0v) is 13.4. The number of nitrogens with zero attached hydrogens (tertiary/aromatic N) is 2. The van der Waals surface area contributed by atoms with Gasteiger partial charge in [0.15, 0.2) is 0 Å². The third kappa shape index (κ3) is 6.61. The lowest BCUT2D eigenvalue weighted by Gasteiger charge is -2.28. The van der Waals surface area contributed by atoms with E-state index in [4.69, 9.17) is 10.00 Å². The number of hydrogen-bond acceptors (Lipinski definition) is 4. The fourth-order valence-corrected chi connectivity index (χ4v) is 2.28. The Labute approximate surface area is 128 Å². The number of aliphatic hydroxyl groups excluding tert-OH is 1. The number of likely N-dealkylation sites (N-methyl/N-ethyl adjacent to an activating group) is 1. The highest BCUT2D eigenvalue weighted by Crippen LogP contribution is 2.13. The van der Waals surface area contributed by atoms with Crippen LogP contribution in [0, 0.1) is 17.2 Å². The first kappa shape index (κ1) is 17.5. The Hall–Kier alpha value is -1.57. The van der Waals surface area contributed by atoms with Gasteiger partial charge in [0, 0.05) is 12.6 Å². The van der Waals surface area contributed by atoms with Crippen molar-refractivity contribution in [2.75, 3.05) is 20.2 Å². The average Bonchev–Trinajstić information content (AvgIpc) is 2.44. The molecule has 116 valence electrons. The maximum atomic E-state index is 10.1. The second-order valence-corrected chi connectivity index (χ2v) is 6.02. The third-order valence-corrected chi connectivity index (χ3v) is 3.47. The fourth-order valence-electron chi connectivity index (χ4n) is 2.28. The van der Waals surface area contributed by atoms with Crippen LogP contribution in [0.2, 0.25) is 0 Å². The maximum Gasteiger partial charge on any atom is 0.120 e. The summed E-state index contributed by atoms with van der Waals surface area (Å²) < 4.78 is 5.54. The van der Waals surface area contributed by atoms with E-state index in [1.807, 2.05) is 7.05 Å². The van der Waals surface area contributed by atoms with Gasteiger partial charge in [0.05, 0.1) is 11.6 Å². The highest BCUT2D eigenvalue weighted by atomic mass is 16.5. The van der Waals surface area contributed by atoms with Crippen LogP contribution >= 0.6 is 0 Å². The molecule has 1 rings (SSSR count). The van der Waals surface area contributed by atoms with Gasteiger partial charge in [-0.2, -0.15) is 5.26 Å². The summed E-state index contributed by atoms with van der Waals surface area (Å²) in [4.78, 5) is 2.15. The molecule has 1 N–H and O–H groups in total. The van der Waals surface area contributed by atoms with Gasteiger partial charge in [-0.15, -0.1) is 0 Å². The first-order valence-corrected chi connectivity index (χ1v) is 7.43. The fraction of sp³-hybridized carbons (Fsp3) is 0.588. The van der Waals surface area contributed by atoms with Gasteiger partial charge in [-0.25, -0.2) is 0 Å². The molecule has 2 unspecified atom stereocenters. The Bertz CT molecular complexity index is 468. The van der Waals surface area contributed by atoms with Crippen molar-refractivity contribution in [2.45, 2.75) is 39.3 Å². The highest BCUT2D eigenvalue weighted by Gasteiger charge is 2.15. The van der Waals surface area contributed by atoms with Crippen LogP contribution in [0.3, 0.4) is 0 Å². The molecule has 0 aliphatic carbocycles. The first-order chi connectivity index (χ1) is 9.92. The summed E-state index contributed by atoms with van der Waals surface area (Å²) >= 11 is 0. The molecule has 0 aliphatic heterocycles. The smallest absolute Gasteiger partial charge is 0.120 e. The third-order valence-electron chi connectivity index (χ3n) is 3.47. The van der Waals surface area contributed by atoms with Crippen molar-refractivity contribution < 1.29 is 9.84 Å². The predicted octanol–water partition coefficient (Wildman–Crippen LogP) is 2.66. The molecule has 0 bridgehead atoms. The van der Waals surface area contributed by atoms with Gasteiger partial charge < -0.3 is 14.7 Å². The van der Waals surface area contributed by atoms with Gasteiger partial charge in [0.1, 0.15) is 18.5 Å². The number of hydrogen-bond donors (Lipinski definition) is 1. The topological polar surface area (TPSA) is 56.5 Å². The number of aliphatic hydroxyl groups is 1. The molecule has 4 heteroatoms. The van der Waals surface area contributed by atoms with Gasteiger partial charge >= 0.3 is 0 Å². The first-order valence-electron chi connectivity index (χ1n) is 7.43. The van der Waals surface area contributed by atoms with E-state index < -0.39 is 6.10 Å². The van der Waals surface area contributed by atoms with E-state index in [1.165, 1.54) is 0 Å². The van der Waals surface area contributed by atoms with Crippen molar-refractivity contribution >= 4 is 0 Å². The van der Waals surface area contributed by atoms with Gasteiger partial charge in [0.2, 0.25) is 0 Å². The van der Waals surface area contributed by atoms with Crippen molar-refractivity contribution in [2.24, 2.45) is 5.92 Å². The van der Waals surface area contributed by atoms with Crippen LogP contribution in [0.4, 0.5) is 0 Å². The largest absolute Gasteiger partial charge is 0.491 e. The van der Waals surface area contributed by atoms with E-state index in [0.717, 1.165) is 6.42 Å². The predicted molar refractivity (Wildman–Crippen MR) is 84.2 cm³/mol. The molecule has 0 aliphatic rings. The number of nitriles is 1. The van der Waals surface area contributed by atoms with E-state index in [2.05, 4.69) is 31.7 Å². The van der Waals surface area contributed by atoms with Gasteiger partial charge in [-0.05, 0) is 44.5 Å². The Balaban J connectivity index is 2.39. The van der Waals surface area contributed by atoms with Gasteiger partial charge in [-0.1, -0.05) is 19.9 Å². The van der Waals surface area contributed by atoms with Crippen molar-refractivity contribution in [3.63, 3.8) is 0 Å². The quantitative estimate of drug-likeness (QED) is 0.799. The molecule has 0 radical (unpaired) electrons. The summed E-state index contributed by atoms with van der Waals surface area (Å²) in [5.41, 5.74) is 0.560. The number of ether oxygens (including phenoxy) is 1. The zero-order chi connectivity index (χ0) is 15.8. The van der Waals surface area contributed by atoms with E-state index in [0.29, 0.717) is 29.8 Å². The monoisotopic (exact) mass is 290 g/mol. The normalized spacial score (nSPS) is 14.0. The summed E-state index contributed by atoms with van der Waals surface area (Å²) in [7, 11) is 2.02. The Morgan fingerprint density at radius 3 is 2.67 bits per heavy atom. The number of benzene rings is 1. The summed E-state index contributed by atoms with van der Waals surface area (Å²) in [6.45, 7) is 7.38. The van der Waals surface area contributed by atoms with E-state index in [9.17, 15) is 5.11 Å². The van der Waals surface area contributed by atoms with Crippen molar-refractivity contribution in [1.29, 1.82) is 5.26 Å². The SMILES string of the molecule is CC(C)CC(C)N(C)CC(O)COc1cccc(C#N)c1. The highest BCUT2D eigenvalue weighted by molar-refractivity contribution is 5.36. The van der Waals surface area contributed by atoms with Gasteiger partial charge in [0.25, 0.3) is 0 Å². The molecule has 1 aromatic rings. The van der Waals surface area contributed by atoms with Crippen molar-refractivity contribution in [3.8, 4) is 11.8 Å². The minimum Gasteiger partial charge on any atom is -0.491 e. The molecule has 0 saturated carbocycles.